The largest absolute Gasteiger partial charge is 0.478 e. The second-order valence-electron chi connectivity index (χ2n) is 4.63. The first-order chi connectivity index (χ1) is 10.1. The number of nitrogens with two attached hydrogens (primary N) is 1. The van der Waals surface area contributed by atoms with Crippen LogP contribution in [0, 0.1) is 0 Å². The number of aromatic carboxylic acids is 1. The minimum absolute atomic E-state index is 0.230. The quantitative estimate of drug-likeness (QED) is 0.722. The average molecular weight is 279 g/mol. The molecule has 21 heavy (non-hydrogen) atoms. The van der Waals surface area contributed by atoms with Crippen molar-refractivity contribution in [1.29, 1.82) is 0 Å². The van der Waals surface area contributed by atoms with Gasteiger partial charge in [0.2, 0.25) is 0 Å². The van der Waals surface area contributed by atoms with Crippen molar-refractivity contribution in [3.8, 4) is 16.9 Å². The smallest absolute Gasteiger partial charge is 0.335 e. The summed E-state index contributed by atoms with van der Waals surface area (Å²) >= 11 is 0. The molecular weight excluding hydrogens is 266 g/mol. The van der Waals surface area contributed by atoms with E-state index in [1.54, 1.807) is 29.1 Å². The molecule has 0 saturated heterocycles. The number of carbonyl (C=O) groups is 1. The summed E-state index contributed by atoms with van der Waals surface area (Å²) in [6.07, 6.45) is 1.79. The lowest BCUT2D eigenvalue weighted by molar-refractivity contribution is 0.0697. The Hall–Kier alpha value is -3.08. The second kappa shape index (κ2) is 5.13. The first-order valence-electron chi connectivity index (χ1n) is 6.39. The van der Waals surface area contributed by atoms with Gasteiger partial charge >= 0.3 is 5.97 Å². The monoisotopic (exact) mass is 279 g/mol. The summed E-state index contributed by atoms with van der Waals surface area (Å²) in [6, 6.07) is 16.0. The number of anilines is 1. The molecule has 0 amide bonds. The van der Waals surface area contributed by atoms with Crippen molar-refractivity contribution < 1.29 is 9.90 Å². The van der Waals surface area contributed by atoms with E-state index in [2.05, 4.69) is 5.10 Å². The van der Waals surface area contributed by atoms with Crippen LogP contribution in [0.4, 0.5) is 5.69 Å². The third-order valence-electron chi connectivity index (χ3n) is 3.13. The molecule has 3 aromatic rings. The predicted octanol–water partition coefficient (Wildman–Crippen LogP) is 2.82. The molecule has 0 unspecified atom stereocenters. The molecule has 104 valence electrons. The summed E-state index contributed by atoms with van der Waals surface area (Å²) in [4.78, 5) is 11.0. The molecular formula is C16H13N3O2. The Balaban J connectivity index is 1.98. The normalized spacial score (nSPS) is 10.5. The summed E-state index contributed by atoms with van der Waals surface area (Å²) in [5.41, 5.74) is 9.07. The maximum absolute atomic E-state index is 11.0. The van der Waals surface area contributed by atoms with Crippen LogP contribution in [0.3, 0.4) is 0 Å². The molecule has 3 rings (SSSR count). The van der Waals surface area contributed by atoms with Gasteiger partial charge in [-0.3, -0.25) is 0 Å². The van der Waals surface area contributed by atoms with Gasteiger partial charge in [0.25, 0.3) is 0 Å². The second-order valence-corrected chi connectivity index (χ2v) is 4.63. The zero-order valence-electron chi connectivity index (χ0n) is 11.1. The Morgan fingerprint density at radius 3 is 2.67 bits per heavy atom. The highest BCUT2D eigenvalue weighted by molar-refractivity contribution is 5.88. The van der Waals surface area contributed by atoms with Gasteiger partial charge in [0.15, 0.2) is 0 Å². The fourth-order valence-corrected chi connectivity index (χ4v) is 2.10. The molecule has 0 atom stereocenters. The minimum atomic E-state index is -0.958. The summed E-state index contributed by atoms with van der Waals surface area (Å²) in [5, 5.41) is 13.5. The Morgan fingerprint density at radius 2 is 1.90 bits per heavy atom. The Kier molecular flexibility index (Phi) is 3.16. The van der Waals surface area contributed by atoms with Crippen LogP contribution in [0.15, 0.2) is 60.8 Å². The number of nitrogens with zero attached hydrogens (tertiary/aromatic N) is 2. The van der Waals surface area contributed by atoms with E-state index in [0.717, 1.165) is 11.3 Å². The first-order valence-corrected chi connectivity index (χ1v) is 6.39. The minimum Gasteiger partial charge on any atom is -0.478 e. The topological polar surface area (TPSA) is 81.1 Å². The van der Waals surface area contributed by atoms with E-state index < -0.39 is 5.97 Å². The molecule has 2 aromatic carbocycles. The molecule has 5 heteroatoms. The Bertz CT molecular complexity index is 809. The van der Waals surface area contributed by atoms with Crippen LogP contribution in [-0.2, 0) is 0 Å². The van der Waals surface area contributed by atoms with Crippen LogP contribution >= 0.6 is 0 Å². The van der Waals surface area contributed by atoms with Gasteiger partial charge in [0.1, 0.15) is 0 Å². The molecule has 3 N–H and O–H groups in total. The lowest BCUT2D eigenvalue weighted by atomic mass is 10.1. The van der Waals surface area contributed by atoms with Gasteiger partial charge in [0, 0.05) is 17.4 Å². The maximum atomic E-state index is 11.0. The van der Waals surface area contributed by atoms with Gasteiger partial charge in [-0.1, -0.05) is 18.2 Å². The van der Waals surface area contributed by atoms with Gasteiger partial charge < -0.3 is 10.8 Å². The van der Waals surface area contributed by atoms with Crippen LogP contribution in [0.25, 0.3) is 16.9 Å². The number of aromatic nitrogens is 2. The standard InChI is InChI=1S/C16H13N3O2/c17-13-5-1-3-11(9-13)15-7-8-19(18-15)14-6-2-4-12(10-14)16(20)21/h1-10H,17H2,(H,20,21). The van der Waals surface area contributed by atoms with Crippen LogP contribution in [0.1, 0.15) is 10.4 Å². The third kappa shape index (κ3) is 2.62. The highest BCUT2D eigenvalue weighted by atomic mass is 16.4. The summed E-state index contributed by atoms with van der Waals surface area (Å²) in [6.45, 7) is 0. The molecule has 5 nitrogen and oxygen atoms in total. The molecule has 0 fully saturated rings. The number of carboxylic acid groups (broad SMARTS) is 1. The van der Waals surface area contributed by atoms with Gasteiger partial charge in [-0.05, 0) is 36.4 Å². The van der Waals surface area contributed by atoms with E-state index in [9.17, 15) is 4.79 Å². The van der Waals surface area contributed by atoms with Gasteiger partial charge in [-0.2, -0.15) is 5.10 Å². The van der Waals surface area contributed by atoms with E-state index in [4.69, 9.17) is 10.8 Å². The van der Waals surface area contributed by atoms with Crippen LogP contribution in [0.5, 0.6) is 0 Å². The summed E-state index contributed by atoms with van der Waals surface area (Å²) in [7, 11) is 0. The van der Waals surface area contributed by atoms with Gasteiger partial charge in [0.05, 0.1) is 16.9 Å². The van der Waals surface area contributed by atoms with Crippen LogP contribution < -0.4 is 5.73 Å². The Labute approximate surface area is 121 Å². The van der Waals surface area contributed by atoms with Crippen molar-refractivity contribution in [2.75, 3.05) is 5.73 Å². The highest BCUT2D eigenvalue weighted by Crippen LogP contribution is 2.20. The maximum Gasteiger partial charge on any atom is 0.335 e. The summed E-state index contributed by atoms with van der Waals surface area (Å²) < 4.78 is 1.64. The van der Waals surface area contributed by atoms with Crippen LogP contribution in [-0.4, -0.2) is 20.9 Å². The van der Waals surface area contributed by atoms with Crippen molar-refractivity contribution in [3.63, 3.8) is 0 Å². The fraction of sp³-hybridized carbons (Fsp3) is 0. The average Bonchev–Trinajstić information content (AvgIpc) is 2.97. The molecule has 0 radical (unpaired) electrons. The van der Waals surface area contributed by atoms with Gasteiger partial charge in [-0.15, -0.1) is 0 Å². The molecule has 0 aliphatic carbocycles. The van der Waals surface area contributed by atoms with Crippen molar-refractivity contribution in [3.05, 3.63) is 66.4 Å². The van der Waals surface area contributed by atoms with E-state index in [-0.39, 0.29) is 5.56 Å². The molecule has 0 aliphatic rings. The molecule has 0 saturated carbocycles. The fourth-order valence-electron chi connectivity index (χ4n) is 2.10. The van der Waals surface area contributed by atoms with E-state index >= 15 is 0 Å². The van der Waals surface area contributed by atoms with Crippen molar-refractivity contribution in [2.45, 2.75) is 0 Å². The SMILES string of the molecule is Nc1cccc(-c2ccn(-c3cccc(C(=O)O)c3)n2)c1. The van der Waals surface area contributed by atoms with Crippen LogP contribution in [0.2, 0.25) is 0 Å². The third-order valence-corrected chi connectivity index (χ3v) is 3.13. The zero-order valence-corrected chi connectivity index (χ0v) is 11.1. The molecule has 0 bridgehead atoms. The summed E-state index contributed by atoms with van der Waals surface area (Å²) in [5.74, 6) is -0.958. The molecule has 0 spiro atoms. The first kappa shape index (κ1) is 12.9. The van der Waals surface area contributed by atoms with Crippen molar-refractivity contribution in [1.82, 2.24) is 9.78 Å². The van der Waals surface area contributed by atoms with Crippen molar-refractivity contribution >= 4 is 11.7 Å². The van der Waals surface area contributed by atoms with E-state index in [0.29, 0.717) is 11.4 Å². The lowest BCUT2D eigenvalue weighted by Gasteiger charge is -2.03. The number of benzene rings is 2. The molecule has 1 aromatic heterocycles. The highest BCUT2D eigenvalue weighted by Gasteiger charge is 2.07. The van der Waals surface area contributed by atoms with Crippen molar-refractivity contribution in [2.24, 2.45) is 0 Å². The predicted molar refractivity (Wildman–Crippen MR) is 80.4 cm³/mol. The molecule has 0 aliphatic heterocycles. The number of rotatable bonds is 3. The van der Waals surface area contributed by atoms with E-state index in [1.807, 2.05) is 36.4 Å². The number of hydrogen-bond acceptors (Lipinski definition) is 3. The van der Waals surface area contributed by atoms with Gasteiger partial charge in [-0.25, -0.2) is 9.48 Å². The Morgan fingerprint density at radius 1 is 1.10 bits per heavy atom. The zero-order chi connectivity index (χ0) is 14.8. The molecule has 1 heterocycles. The lowest BCUT2D eigenvalue weighted by Crippen LogP contribution is -2.00. The van der Waals surface area contributed by atoms with E-state index in [1.165, 1.54) is 0 Å². The number of hydrogen-bond donors (Lipinski definition) is 2. The number of nitrogen functional groups attached to an aromatic ring is 1. The number of carboxylic acids is 1.